The van der Waals surface area contributed by atoms with Gasteiger partial charge in [0.15, 0.2) is 0 Å². The van der Waals surface area contributed by atoms with Crippen molar-refractivity contribution < 1.29 is 45.6 Å². The van der Waals surface area contributed by atoms with Crippen molar-refractivity contribution in [2.24, 2.45) is 0 Å². The van der Waals surface area contributed by atoms with Gasteiger partial charge < -0.3 is 24.2 Å². The first-order valence-electron chi connectivity index (χ1n) is 23.9. The molecule has 4 aromatic carbocycles. The van der Waals surface area contributed by atoms with Gasteiger partial charge in [-0.15, -0.1) is 5.75 Å². The van der Waals surface area contributed by atoms with Crippen LogP contribution in [0.4, 0.5) is 0 Å². The van der Waals surface area contributed by atoms with Crippen molar-refractivity contribution >= 4 is 58.0 Å². The average molecular weight is 963 g/mol. The van der Waals surface area contributed by atoms with Crippen molar-refractivity contribution in [3.63, 3.8) is 0 Å². The number of hydrogen-bond donors (Lipinski definition) is 2. The first-order chi connectivity index (χ1) is 30.8. The van der Waals surface area contributed by atoms with E-state index in [0.29, 0.717) is 17.2 Å². The molecule has 0 radical (unpaired) electrons. The zero-order chi connectivity index (χ0) is 46.5. The van der Waals surface area contributed by atoms with Gasteiger partial charge in [0.25, 0.3) is 10.1 Å². The normalized spacial score (nSPS) is 11.4. The Morgan fingerprint density at radius 2 is 0.846 bits per heavy atom. The van der Waals surface area contributed by atoms with E-state index >= 15 is 0 Å². The van der Waals surface area contributed by atoms with Crippen molar-refractivity contribution in [3.05, 3.63) is 96.1 Å². The Balaban J connectivity index is 0.000000440. The third-order valence-corrected chi connectivity index (χ3v) is 13.0. The molecule has 0 spiro atoms. The standard InChI is InChI=1S/2C26H38O5S.Ca/c2*1-2-3-4-5-6-7-8-9-10-11-12-13-15-22-18-19-23(27)20-26(22)31-24-16-14-17-25(21-24)32(28,29)30;/h2*14,16-21,27H,2-13,15H2,1H3,(H,28,29,30);/q;;+2/p-2. The Hall–Kier alpha value is -2.84. The quantitative estimate of drug-likeness (QED) is 0.0272. The van der Waals surface area contributed by atoms with Crippen LogP contribution in [0.5, 0.6) is 34.5 Å². The first kappa shape index (κ1) is 58.3. The summed E-state index contributed by atoms with van der Waals surface area (Å²) in [6.07, 6.45) is 32.4. The number of unbranched alkanes of at least 4 members (excludes halogenated alkanes) is 22. The summed E-state index contributed by atoms with van der Waals surface area (Å²) in [5, 5.41) is 21.7. The summed E-state index contributed by atoms with van der Waals surface area (Å²) in [6.45, 7) is 4.50. The molecular weight excluding hydrogens is 889 g/mol. The summed E-state index contributed by atoms with van der Waals surface area (Å²) in [5.41, 5.74) is 1.87. The molecule has 10 nitrogen and oxygen atoms in total. The minimum Gasteiger partial charge on any atom is -0.872 e. The van der Waals surface area contributed by atoms with Crippen molar-refractivity contribution in [3.8, 4) is 34.5 Å². The second kappa shape index (κ2) is 33.6. The Labute approximate surface area is 421 Å². The van der Waals surface area contributed by atoms with Crippen molar-refractivity contribution in [1.82, 2.24) is 0 Å². The van der Waals surface area contributed by atoms with Gasteiger partial charge in [0.1, 0.15) is 38.9 Å². The van der Waals surface area contributed by atoms with Crippen LogP contribution < -0.4 is 14.6 Å². The number of hydrogen-bond acceptors (Lipinski definition) is 9. The van der Waals surface area contributed by atoms with E-state index in [4.69, 9.17) is 9.47 Å². The molecule has 4 aromatic rings. The fourth-order valence-electron chi connectivity index (χ4n) is 7.64. The van der Waals surface area contributed by atoms with Gasteiger partial charge >= 0.3 is 37.7 Å². The van der Waals surface area contributed by atoms with Crippen molar-refractivity contribution in [2.45, 2.75) is 191 Å². The second-order valence-corrected chi connectivity index (χ2v) is 19.7. The van der Waals surface area contributed by atoms with Gasteiger partial charge in [-0.1, -0.05) is 185 Å². The van der Waals surface area contributed by atoms with Crippen LogP contribution in [0.15, 0.2) is 94.7 Å². The Morgan fingerprint density at radius 1 is 0.477 bits per heavy atom. The fraction of sp³-hybridized carbons (Fsp3) is 0.538. The Kier molecular flexibility index (Phi) is 30.1. The molecule has 0 saturated heterocycles. The first-order valence-corrected chi connectivity index (χ1v) is 26.8. The van der Waals surface area contributed by atoms with Gasteiger partial charge in [0, 0.05) is 12.1 Å². The SMILES string of the molecule is CCCCCCCCCCCCCCc1ccc(O)cc1Oc1cccc(S(=O)(=O)O)c1.CCCCCCCCCCCCCCc1ccc([O-])cc1Oc1cccc(S(=O)(=O)[O-])c1.[Ca+2]. The minimum absolute atomic E-state index is 0. The topological polar surface area (TPSA) is 173 Å². The third kappa shape index (κ3) is 25.8. The van der Waals surface area contributed by atoms with E-state index in [9.17, 15) is 36.2 Å². The summed E-state index contributed by atoms with van der Waals surface area (Å²) in [6, 6.07) is 20.8. The molecule has 0 aliphatic carbocycles. The molecule has 65 heavy (non-hydrogen) atoms. The molecule has 0 amide bonds. The van der Waals surface area contributed by atoms with E-state index in [1.54, 1.807) is 24.3 Å². The van der Waals surface area contributed by atoms with Crippen LogP contribution in [-0.4, -0.2) is 68.8 Å². The number of phenols is 1. The summed E-state index contributed by atoms with van der Waals surface area (Å²) >= 11 is 0. The summed E-state index contributed by atoms with van der Waals surface area (Å²) in [7, 11) is -8.86. The van der Waals surface area contributed by atoms with Crippen LogP contribution in [0.1, 0.15) is 179 Å². The van der Waals surface area contributed by atoms with Crippen LogP contribution in [0.2, 0.25) is 0 Å². The van der Waals surface area contributed by atoms with Gasteiger partial charge in [-0.05, 0) is 79.3 Å². The fourth-order valence-corrected chi connectivity index (χ4v) is 8.66. The van der Waals surface area contributed by atoms with E-state index in [-0.39, 0.29) is 64.8 Å². The van der Waals surface area contributed by atoms with E-state index in [1.165, 1.54) is 183 Å². The van der Waals surface area contributed by atoms with E-state index in [0.717, 1.165) is 49.7 Å². The third-order valence-electron chi connectivity index (χ3n) is 11.3. The van der Waals surface area contributed by atoms with Crippen molar-refractivity contribution in [2.75, 3.05) is 0 Å². The zero-order valence-electron chi connectivity index (χ0n) is 39.2. The maximum Gasteiger partial charge on any atom is 2.00 e. The number of benzene rings is 4. The molecule has 0 aromatic heterocycles. The Bertz CT molecular complexity index is 1970. The predicted molar refractivity (Wildman–Crippen MR) is 260 cm³/mol. The van der Waals surface area contributed by atoms with Gasteiger partial charge in [0.2, 0.25) is 0 Å². The molecule has 356 valence electrons. The molecule has 2 N–H and O–H groups in total. The molecule has 0 heterocycles. The largest absolute Gasteiger partial charge is 2.00 e. The van der Waals surface area contributed by atoms with Gasteiger partial charge in [0.05, 0.1) is 9.79 Å². The smallest absolute Gasteiger partial charge is 0.872 e. The maximum absolute atomic E-state index is 11.8. The van der Waals surface area contributed by atoms with Gasteiger partial charge in [-0.2, -0.15) is 8.42 Å². The Morgan fingerprint density at radius 3 is 1.26 bits per heavy atom. The maximum atomic E-state index is 11.8. The molecule has 0 atom stereocenters. The molecule has 0 saturated carbocycles. The second-order valence-electron chi connectivity index (χ2n) is 16.9. The molecular formula is C52H74CaO10S2. The van der Waals surface area contributed by atoms with Crippen LogP contribution in [0, 0.1) is 0 Å². The number of aryl methyl sites for hydroxylation is 2. The molecule has 0 fully saturated rings. The molecule has 13 heteroatoms. The molecule has 0 aliphatic heterocycles. The number of phenolic OH excluding ortho intramolecular Hbond substituents is 1. The number of ether oxygens (including phenoxy) is 2. The number of rotatable bonds is 32. The van der Waals surface area contributed by atoms with E-state index in [1.807, 2.05) is 6.07 Å². The van der Waals surface area contributed by atoms with Crippen molar-refractivity contribution in [1.29, 1.82) is 0 Å². The van der Waals surface area contributed by atoms with Crippen LogP contribution >= 0.6 is 0 Å². The summed E-state index contributed by atoms with van der Waals surface area (Å²) < 4.78 is 77.3. The predicted octanol–water partition coefficient (Wildman–Crippen LogP) is 14.0. The van der Waals surface area contributed by atoms with E-state index < -0.39 is 20.2 Å². The zero-order valence-corrected chi connectivity index (χ0v) is 43.0. The summed E-state index contributed by atoms with van der Waals surface area (Å²) in [4.78, 5) is -0.576. The van der Waals surface area contributed by atoms with Crippen LogP contribution in [0.25, 0.3) is 0 Å². The molecule has 0 aliphatic rings. The van der Waals surface area contributed by atoms with Gasteiger partial charge in [-0.25, -0.2) is 8.42 Å². The molecule has 0 unspecified atom stereocenters. The van der Waals surface area contributed by atoms with Gasteiger partial charge in [-0.3, -0.25) is 4.55 Å². The van der Waals surface area contributed by atoms with Crippen LogP contribution in [0.3, 0.4) is 0 Å². The minimum atomic E-state index is -4.56. The average Bonchev–Trinajstić information content (AvgIpc) is 3.25. The van der Waals surface area contributed by atoms with Crippen LogP contribution in [-0.2, 0) is 33.1 Å². The molecule has 4 rings (SSSR count). The molecule has 0 bridgehead atoms. The van der Waals surface area contributed by atoms with E-state index in [2.05, 4.69) is 13.8 Å². The number of aromatic hydroxyl groups is 1. The summed E-state index contributed by atoms with van der Waals surface area (Å²) in [5.74, 6) is 1.35. The monoisotopic (exact) mass is 962 g/mol.